The molecule has 0 radical (unpaired) electrons. The molecule has 1 saturated carbocycles. The second-order valence-electron chi connectivity index (χ2n) is 4.31. The summed E-state index contributed by atoms with van der Waals surface area (Å²) >= 11 is 0. The van der Waals surface area contributed by atoms with Crippen LogP contribution in [0, 0.1) is 18.7 Å². The first kappa shape index (κ1) is 17.9. The number of ether oxygens (including phenoxy) is 1. The molecule has 1 fully saturated rings. The Balaban J connectivity index is 0.000000741. The number of rotatable bonds is 4. The molecule has 0 aliphatic heterocycles. The van der Waals surface area contributed by atoms with Crippen molar-refractivity contribution in [2.75, 3.05) is 6.61 Å². The van der Waals surface area contributed by atoms with Gasteiger partial charge in [-0.05, 0) is 49.8 Å². The van der Waals surface area contributed by atoms with Gasteiger partial charge >= 0.3 is 0 Å². The van der Waals surface area contributed by atoms with Gasteiger partial charge in [0.1, 0.15) is 11.6 Å². The van der Waals surface area contributed by atoms with Crippen LogP contribution in [0.1, 0.15) is 58.6 Å². The minimum atomic E-state index is -0.153. The van der Waals surface area contributed by atoms with Gasteiger partial charge in [-0.2, -0.15) is 0 Å². The molecule has 1 aliphatic carbocycles. The Morgan fingerprint density at radius 3 is 2.21 bits per heavy atom. The first-order valence-electron chi connectivity index (χ1n) is 7.62. The summed E-state index contributed by atoms with van der Waals surface area (Å²) in [7, 11) is 0. The number of aryl methyl sites for hydroxylation is 1. The number of hydrogen-bond donors (Lipinski definition) is 0. The molecule has 0 aromatic heterocycles. The molecule has 0 heterocycles. The fourth-order valence-electron chi connectivity index (χ4n) is 1.55. The molecule has 2 rings (SSSR count). The summed E-state index contributed by atoms with van der Waals surface area (Å²) in [5.41, 5.74) is 1.64. The van der Waals surface area contributed by atoms with Crippen LogP contribution in [0.4, 0.5) is 4.39 Å². The van der Waals surface area contributed by atoms with E-state index in [1.54, 1.807) is 13.0 Å². The molecular weight excluding hydrogens is 239 g/mol. The lowest BCUT2D eigenvalue weighted by Gasteiger charge is -2.11. The van der Waals surface area contributed by atoms with Gasteiger partial charge in [-0.1, -0.05) is 34.6 Å². The third-order valence-corrected chi connectivity index (χ3v) is 2.94. The summed E-state index contributed by atoms with van der Waals surface area (Å²) in [5, 5.41) is 0. The molecule has 0 saturated heterocycles. The van der Waals surface area contributed by atoms with E-state index >= 15 is 0 Å². The van der Waals surface area contributed by atoms with Crippen molar-refractivity contribution in [3.05, 3.63) is 29.1 Å². The van der Waals surface area contributed by atoms with Crippen molar-refractivity contribution in [1.29, 1.82) is 0 Å². The van der Waals surface area contributed by atoms with Crippen LogP contribution in [0.2, 0.25) is 0 Å². The fourth-order valence-corrected chi connectivity index (χ4v) is 1.55. The van der Waals surface area contributed by atoms with Crippen LogP contribution >= 0.6 is 0 Å². The topological polar surface area (TPSA) is 9.23 Å². The third kappa shape index (κ3) is 6.09. The van der Waals surface area contributed by atoms with Crippen LogP contribution in [-0.2, 0) is 6.42 Å². The predicted molar refractivity (Wildman–Crippen MR) is 81.4 cm³/mol. The maximum atomic E-state index is 13.5. The molecule has 0 bridgehead atoms. The lowest BCUT2D eigenvalue weighted by molar-refractivity contribution is 0.295. The molecule has 110 valence electrons. The van der Waals surface area contributed by atoms with Crippen molar-refractivity contribution < 1.29 is 9.13 Å². The Morgan fingerprint density at radius 1 is 1.16 bits per heavy atom. The van der Waals surface area contributed by atoms with E-state index in [4.69, 9.17) is 4.74 Å². The summed E-state index contributed by atoms with van der Waals surface area (Å²) in [6.07, 6.45) is 3.36. The normalized spacial score (nSPS) is 12.8. The van der Waals surface area contributed by atoms with Crippen LogP contribution in [0.5, 0.6) is 5.75 Å². The van der Waals surface area contributed by atoms with Crippen LogP contribution in [-0.4, -0.2) is 6.61 Å². The highest BCUT2D eigenvalue weighted by Gasteiger charge is 2.22. The van der Waals surface area contributed by atoms with E-state index < -0.39 is 0 Å². The zero-order valence-electron chi connectivity index (χ0n) is 13.3. The van der Waals surface area contributed by atoms with Gasteiger partial charge in [0.2, 0.25) is 0 Å². The van der Waals surface area contributed by atoms with Gasteiger partial charge in [-0.3, -0.25) is 0 Å². The van der Waals surface area contributed by atoms with Crippen molar-refractivity contribution in [2.24, 2.45) is 5.92 Å². The van der Waals surface area contributed by atoms with Crippen molar-refractivity contribution in [1.82, 2.24) is 0 Å². The highest BCUT2D eigenvalue weighted by atomic mass is 19.1. The highest BCUT2D eigenvalue weighted by Crippen LogP contribution is 2.31. The Labute approximate surface area is 118 Å². The Kier molecular flexibility index (Phi) is 9.28. The van der Waals surface area contributed by atoms with Crippen LogP contribution in [0.15, 0.2) is 12.1 Å². The molecule has 1 aliphatic rings. The number of benzene rings is 1. The average molecular weight is 268 g/mol. The van der Waals surface area contributed by atoms with Crippen LogP contribution in [0.25, 0.3) is 0 Å². The third-order valence-electron chi connectivity index (χ3n) is 2.94. The largest absolute Gasteiger partial charge is 0.493 e. The zero-order valence-corrected chi connectivity index (χ0v) is 13.3. The average Bonchev–Trinajstić information content (AvgIpc) is 3.29. The van der Waals surface area contributed by atoms with Crippen molar-refractivity contribution in [2.45, 2.75) is 60.8 Å². The summed E-state index contributed by atoms with van der Waals surface area (Å²) in [4.78, 5) is 0. The fraction of sp³-hybridized carbons (Fsp3) is 0.647. The molecule has 2 heteroatoms. The van der Waals surface area contributed by atoms with Gasteiger partial charge in [-0.25, -0.2) is 4.39 Å². The van der Waals surface area contributed by atoms with Gasteiger partial charge < -0.3 is 4.74 Å². The monoisotopic (exact) mass is 268 g/mol. The standard InChI is InChI=1S/C13H17FO.2C2H6/c1-3-10-6-12(14)9(2)13(7-10)15-8-11-4-5-11;2*1-2/h6-7,11H,3-5,8H2,1-2H3;2*1-2H3. The molecule has 0 atom stereocenters. The Bertz CT molecular complexity index is 357. The van der Waals surface area contributed by atoms with E-state index in [1.807, 2.05) is 40.7 Å². The summed E-state index contributed by atoms with van der Waals surface area (Å²) < 4.78 is 19.1. The minimum Gasteiger partial charge on any atom is -0.493 e. The van der Waals surface area contributed by atoms with Gasteiger partial charge in [0, 0.05) is 5.56 Å². The van der Waals surface area contributed by atoms with E-state index in [2.05, 4.69) is 0 Å². The highest BCUT2D eigenvalue weighted by molar-refractivity contribution is 5.37. The molecule has 19 heavy (non-hydrogen) atoms. The summed E-state index contributed by atoms with van der Waals surface area (Å²) in [5.74, 6) is 1.27. The van der Waals surface area contributed by atoms with Crippen molar-refractivity contribution in [3.8, 4) is 5.75 Å². The zero-order chi connectivity index (χ0) is 14.8. The van der Waals surface area contributed by atoms with E-state index in [0.29, 0.717) is 11.5 Å². The second-order valence-corrected chi connectivity index (χ2v) is 4.31. The van der Waals surface area contributed by atoms with E-state index in [-0.39, 0.29) is 5.82 Å². The lowest BCUT2D eigenvalue weighted by Crippen LogP contribution is -2.02. The predicted octanol–water partition coefficient (Wildman–Crippen LogP) is 5.54. The Morgan fingerprint density at radius 2 is 1.74 bits per heavy atom. The van der Waals surface area contributed by atoms with Gasteiger partial charge in [0.05, 0.1) is 6.61 Å². The Hall–Kier alpha value is -1.05. The van der Waals surface area contributed by atoms with E-state index in [9.17, 15) is 4.39 Å². The molecule has 0 N–H and O–H groups in total. The van der Waals surface area contributed by atoms with Crippen LogP contribution < -0.4 is 4.74 Å². The van der Waals surface area contributed by atoms with E-state index in [0.717, 1.165) is 24.3 Å². The number of hydrogen-bond acceptors (Lipinski definition) is 1. The molecule has 1 nitrogen and oxygen atoms in total. The number of halogens is 1. The SMILES string of the molecule is CC.CC.CCc1cc(F)c(C)c(OCC2CC2)c1. The molecule has 0 unspecified atom stereocenters. The first-order valence-corrected chi connectivity index (χ1v) is 7.62. The minimum absolute atomic E-state index is 0.153. The maximum absolute atomic E-state index is 13.5. The molecule has 0 spiro atoms. The first-order chi connectivity index (χ1) is 9.20. The summed E-state index contributed by atoms with van der Waals surface area (Å²) in [6, 6.07) is 3.56. The van der Waals surface area contributed by atoms with Gasteiger partial charge in [-0.15, -0.1) is 0 Å². The maximum Gasteiger partial charge on any atom is 0.130 e. The lowest BCUT2D eigenvalue weighted by atomic mass is 10.1. The van der Waals surface area contributed by atoms with Gasteiger partial charge in [0.15, 0.2) is 0 Å². The molecule has 1 aromatic rings. The van der Waals surface area contributed by atoms with Crippen molar-refractivity contribution in [3.63, 3.8) is 0 Å². The van der Waals surface area contributed by atoms with Gasteiger partial charge in [0.25, 0.3) is 0 Å². The molecule has 1 aromatic carbocycles. The van der Waals surface area contributed by atoms with Crippen molar-refractivity contribution >= 4 is 0 Å². The smallest absolute Gasteiger partial charge is 0.130 e. The molecule has 0 amide bonds. The van der Waals surface area contributed by atoms with Crippen LogP contribution in [0.3, 0.4) is 0 Å². The second kappa shape index (κ2) is 9.82. The molecular formula is C17H29FO. The summed E-state index contributed by atoms with van der Waals surface area (Å²) in [6.45, 7) is 12.5. The quantitative estimate of drug-likeness (QED) is 0.697. The van der Waals surface area contributed by atoms with E-state index in [1.165, 1.54) is 12.8 Å².